The highest BCUT2D eigenvalue weighted by atomic mass is 16.4. The van der Waals surface area contributed by atoms with Crippen LogP contribution >= 0.6 is 0 Å². The molecule has 0 fully saturated rings. The van der Waals surface area contributed by atoms with Crippen LogP contribution in [0.1, 0.15) is 17.6 Å². The summed E-state index contributed by atoms with van der Waals surface area (Å²) >= 11 is 0. The van der Waals surface area contributed by atoms with E-state index in [0.29, 0.717) is 5.58 Å². The van der Waals surface area contributed by atoms with E-state index in [2.05, 4.69) is 4.98 Å². The lowest BCUT2D eigenvalue weighted by Gasteiger charge is -2.04. The summed E-state index contributed by atoms with van der Waals surface area (Å²) in [6.45, 7) is 0. The number of aromatic nitrogens is 1. The number of carbonyl (C=O) groups is 1. The maximum Gasteiger partial charge on any atom is 0.337 e. The fraction of sp³-hybridized carbons (Fsp3) is 0.182. The van der Waals surface area contributed by atoms with Gasteiger partial charge in [-0.05, 0) is 6.07 Å². The number of para-hydroxylation sites is 1. The molecule has 1 aromatic heterocycles. The van der Waals surface area contributed by atoms with Gasteiger partial charge in [-0.1, -0.05) is 12.1 Å². The third-order valence-corrected chi connectivity index (χ3v) is 2.25. The van der Waals surface area contributed by atoms with Crippen molar-refractivity contribution in [3.8, 4) is 6.07 Å². The summed E-state index contributed by atoms with van der Waals surface area (Å²) < 4.78 is 5.24. The van der Waals surface area contributed by atoms with Crippen molar-refractivity contribution in [1.82, 2.24) is 4.98 Å². The fourth-order valence-electron chi connectivity index (χ4n) is 1.51. The van der Waals surface area contributed by atoms with Gasteiger partial charge in [-0.25, -0.2) is 9.78 Å². The summed E-state index contributed by atoms with van der Waals surface area (Å²) in [7, 11) is 0. The highest BCUT2D eigenvalue weighted by Crippen LogP contribution is 2.24. The summed E-state index contributed by atoms with van der Waals surface area (Å²) in [5, 5.41) is 26.8. The molecule has 86 valence electrons. The molecule has 1 unspecified atom stereocenters. The molecule has 0 spiro atoms. The van der Waals surface area contributed by atoms with Crippen molar-refractivity contribution in [1.29, 1.82) is 5.26 Å². The Morgan fingerprint density at radius 3 is 3.00 bits per heavy atom. The number of aliphatic hydroxyl groups is 1. The molecule has 2 rings (SSSR count). The molecule has 1 aromatic carbocycles. The van der Waals surface area contributed by atoms with Crippen LogP contribution in [0, 0.1) is 11.3 Å². The van der Waals surface area contributed by atoms with Crippen LogP contribution in [0.15, 0.2) is 22.6 Å². The Hall–Kier alpha value is -2.39. The molecule has 0 radical (unpaired) electrons. The van der Waals surface area contributed by atoms with Crippen LogP contribution in [-0.4, -0.2) is 21.2 Å². The molecule has 17 heavy (non-hydrogen) atoms. The summed E-state index contributed by atoms with van der Waals surface area (Å²) in [6, 6.07) is 6.50. The predicted molar refractivity (Wildman–Crippen MR) is 55.9 cm³/mol. The molecule has 2 aromatic rings. The van der Waals surface area contributed by atoms with Crippen LogP contribution in [0.5, 0.6) is 0 Å². The third-order valence-electron chi connectivity index (χ3n) is 2.25. The van der Waals surface area contributed by atoms with Crippen LogP contribution < -0.4 is 0 Å². The van der Waals surface area contributed by atoms with E-state index in [1.165, 1.54) is 6.07 Å². The molecule has 1 heterocycles. The van der Waals surface area contributed by atoms with Crippen molar-refractivity contribution in [2.24, 2.45) is 0 Å². The first-order valence-electron chi connectivity index (χ1n) is 4.79. The van der Waals surface area contributed by atoms with E-state index in [9.17, 15) is 9.90 Å². The second-order valence-electron chi connectivity index (χ2n) is 3.38. The van der Waals surface area contributed by atoms with E-state index in [1.807, 2.05) is 6.07 Å². The maximum absolute atomic E-state index is 10.7. The zero-order valence-electron chi connectivity index (χ0n) is 8.62. The molecule has 6 nitrogen and oxygen atoms in total. The average molecular weight is 232 g/mol. The van der Waals surface area contributed by atoms with Gasteiger partial charge < -0.3 is 14.6 Å². The van der Waals surface area contributed by atoms with E-state index in [0.717, 1.165) is 0 Å². The van der Waals surface area contributed by atoms with Crippen LogP contribution in [0.2, 0.25) is 0 Å². The summed E-state index contributed by atoms with van der Waals surface area (Å²) in [4.78, 5) is 14.7. The lowest BCUT2D eigenvalue weighted by atomic mass is 10.1. The van der Waals surface area contributed by atoms with Crippen molar-refractivity contribution in [3.05, 3.63) is 29.7 Å². The highest BCUT2D eigenvalue weighted by Gasteiger charge is 2.21. The Kier molecular flexibility index (Phi) is 2.77. The topological polar surface area (TPSA) is 107 Å². The number of rotatable bonds is 3. The standard InChI is InChI=1S/C11H8N2O4/c12-5-4-8-13-9-6(10(14)11(15)16)2-1-3-7(9)17-8/h1-3,10,14H,4H2,(H,15,16). The number of fused-ring (bicyclic) bond motifs is 1. The molecule has 0 aliphatic carbocycles. The predicted octanol–water partition coefficient (Wildman–Crippen LogP) is 1.01. The second kappa shape index (κ2) is 4.23. The second-order valence-corrected chi connectivity index (χ2v) is 3.38. The first kappa shape index (κ1) is 11.1. The van der Waals surface area contributed by atoms with E-state index in [-0.39, 0.29) is 23.4 Å². The van der Waals surface area contributed by atoms with Crippen LogP contribution in [0.4, 0.5) is 0 Å². The highest BCUT2D eigenvalue weighted by molar-refractivity contribution is 5.84. The van der Waals surface area contributed by atoms with Crippen molar-refractivity contribution in [2.45, 2.75) is 12.5 Å². The van der Waals surface area contributed by atoms with Crippen molar-refractivity contribution >= 4 is 17.1 Å². The molecular formula is C11H8N2O4. The van der Waals surface area contributed by atoms with Gasteiger partial charge in [0, 0.05) is 5.56 Å². The van der Waals surface area contributed by atoms with E-state index in [4.69, 9.17) is 14.8 Å². The molecule has 0 aliphatic rings. The third kappa shape index (κ3) is 1.96. The van der Waals surface area contributed by atoms with E-state index < -0.39 is 12.1 Å². The molecule has 1 atom stereocenters. The number of carboxylic acid groups (broad SMARTS) is 1. The summed E-state index contributed by atoms with van der Waals surface area (Å²) in [5.41, 5.74) is 0.781. The minimum Gasteiger partial charge on any atom is -0.479 e. The minimum absolute atomic E-state index is 0.00269. The monoisotopic (exact) mass is 232 g/mol. The summed E-state index contributed by atoms with van der Waals surface area (Å²) in [5.74, 6) is -1.16. The van der Waals surface area contributed by atoms with Crippen molar-refractivity contribution in [3.63, 3.8) is 0 Å². The Morgan fingerprint density at radius 1 is 1.59 bits per heavy atom. The zero-order chi connectivity index (χ0) is 12.4. The maximum atomic E-state index is 10.7. The number of nitrogens with zero attached hydrogens (tertiary/aromatic N) is 2. The molecule has 0 bridgehead atoms. The first-order valence-corrected chi connectivity index (χ1v) is 4.79. The van der Waals surface area contributed by atoms with Gasteiger partial charge in [0.25, 0.3) is 0 Å². The number of carboxylic acids is 1. The lowest BCUT2D eigenvalue weighted by molar-refractivity contribution is -0.146. The number of oxazole rings is 1. The van der Waals surface area contributed by atoms with Crippen LogP contribution in [0.3, 0.4) is 0 Å². The molecular weight excluding hydrogens is 224 g/mol. The number of hydrogen-bond donors (Lipinski definition) is 2. The largest absolute Gasteiger partial charge is 0.479 e. The molecule has 0 amide bonds. The van der Waals surface area contributed by atoms with Gasteiger partial charge in [0.15, 0.2) is 11.7 Å². The minimum atomic E-state index is -1.65. The van der Waals surface area contributed by atoms with Crippen molar-refractivity contribution in [2.75, 3.05) is 0 Å². The first-order chi connectivity index (χ1) is 8.13. The van der Waals surface area contributed by atoms with E-state index >= 15 is 0 Å². The Bertz CT molecular complexity index is 611. The Labute approximate surface area is 95.7 Å². The Morgan fingerprint density at radius 2 is 2.35 bits per heavy atom. The normalized spacial score (nSPS) is 12.2. The molecule has 0 saturated carbocycles. The quantitative estimate of drug-likeness (QED) is 0.817. The van der Waals surface area contributed by atoms with Gasteiger partial charge in [0.2, 0.25) is 5.89 Å². The SMILES string of the molecule is N#CCc1nc2c(C(O)C(=O)O)cccc2o1. The average Bonchev–Trinajstić information content (AvgIpc) is 2.70. The van der Waals surface area contributed by atoms with Gasteiger partial charge in [-0.15, -0.1) is 0 Å². The lowest BCUT2D eigenvalue weighted by Crippen LogP contribution is -2.10. The van der Waals surface area contributed by atoms with Crippen LogP contribution in [0.25, 0.3) is 11.1 Å². The smallest absolute Gasteiger partial charge is 0.337 e. The van der Waals surface area contributed by atoms with Gasteiger partial charge in [-0.3, -0.25) is 0 Å². The molecule has 2 N–H and O–H groups in total. The number of benzene rings is 1. The molecule has 6 heteroatoms. The zero-order valence-corrected chi connectivity index (χ0v) is 8.62. The Balaban J connectivity index is 2.57. The van der Waals surface area contributed by atoms with Gasteiger partial charge in [0.1, 0.15) is 11.9 Å². The fourth-order valence-corrected chi connectivity index (χ4v) is 1.51. The molecule has 0 aliphatic heterocycles. The number of hydrogen-bond acceptors (Lipinski definition) is 5. The van der Waals surface area contributed by atoms with Crippen molar-refractivity contribution < 1.29 is 19.4 Å². The molecule has 0 saturated heterocycles. The van der Waals surface area contributed by atoms with Gasteiger partial charge in [0.05, 0.1) is 6.07 Å². The van der Waals surface area contributed by atoms with Crippen LogP contribution in [-0.2, 0) is 11.2 Å². The van der Waals surface area contributed by atoms with E-state index in [1.54, 1.807) is 12.1 Å². The summed E-state index contributed by atoms with van der Waals surface area (Å²) in [6.07, 6.45) is -1.66. The number of aliphatic carboxylic acids is 1. The van der Waals surface area contributed by atoms with Gasteiger partial charge >= 0.3 is 5.97 Å². The van der Waals surface area contributed by atoms with Gasteiger partial charge in [-0.2, -0.15) is 5.26 Å². The number of aliphatic hydroxyl groups excluding tert-OH is 1. The number of nitriles is 1.